The summed E-state index contributed by atoms with van der Waals surface area (Å²) in [6.45, 7) is 0.480. The van der Waals surface area contributed by atoms with Crippen LogP contribution in [0.15, 0.2) is 18.2 Å². The van der Waals surface area contributed by atoms with Gasteiger partial charge in [0.2, 0.25) is 10.0 Å². The summed E-state index contributed by atoms with van der Waals surface area (Å²) in [5.74, 6) is 0.0209. The number of rotatable bonds is 6. The van der Waals surface area contributed by atoms with E-state index in [0.29, 0.717) is 35.1 Å². The normalized spacial score (nSPS) is 11.5. The van der Waals surface area contributed by atoms with Crippen molar-refractivity contribution in [2.24, 2.45) is 5.73 Å². The van der Waals surface area contributed by atoms with E-state index < -0.39 is 10.0 Å². The van der Waals surface area contributed by atoms with Gasteiger partial charge in [-0.15, -0.1) is 0 Å². The highest BCUT2D eigenvalue weighted by molar-refractivity contribution is 7.92. The molecule has 1 rings (SSSR count). The highest BCUT2D eigenvalue weighted by Crippen LogP contribution is 2.26. The molecule has 0 spiro atoms. The standard InChI is InChI=1S/C10H14Cl2N2O2S/c11-8-3-4-9(12)10(7-8)14-17(15,16)6-2-1-5-13/h3-4,7,14H,1-2,5-6,13H2. The van der Waals surface area contributed by atoms with Crippen LogP contribution in [0.1, 0.15) is 12.8 Å². The first kappa shape index (κ1) is 14.6. The topological polar surface area (TPSA) is 72.2 Å². The molecule has 0 aliphatic heterocycles. The average Bonchev–Trinajstić information content (AvgIpc) is 2.23. The van der Waals surface area contributed by atoms with Crippen molar-refractivity contribution in [1.82, 2.24) is 0 Å². The van der Waals surface area contributed by atoms with Gasteiger partial charge in [0.1, 0.15) is 0 Å². The molecule has 0 saturated heterocycles. The third-order valence-corrected chi connectivity index (χ3v) is 3.98. The summed E-state index contributed by atoms with van der Waals surface area (Å²) in [6.07, 6.45) is 1.19. The lowest BCUT2D eigenvalue weighted by atomic mass is 10.3. The van der Waals surface area contributed by atoms with Crippen molar-refractivity contribution in [3.05, 3.63) is 28.2 Å². The van der Waals surface area contributed by atoms with Crippen molar-refractivity contribution in [3.8, 4) is 0 Å². The second-order valence-electron chi connectivity index (χ2n) is 3.54. The quantitative estimate of drug-likeness (QED) is 0.792. The molecule has 0 bridgehead atoms. The minimum Gasteiger partial charge on any atom is -0.330 e. The lowest BCUT2D eigenvalue weighted by molar-refractivity contribution is 0.597. The molecule has 0 amide bonds. The van der Waals surface area contributed by atoms with E-state index in [1.54, 1.807) is 12.1 Å². The number of benzene rings is 1. The Hall–Kier alpha value is -0.490. The molecule has 0 radical (unpaired) electrons. The molecular weight excluding hydrogens is 283 g/mol. The van der Waals surface area contributed by atoms with Gasteiger partial charge in [-0.05, 0) is 37.6 Å². The fourth-order valence-electron chi connectivity index (χ4n) is 1.23. The molecule has 1 aromatic rings. The second-order valence-corrected chi connectivity index (χ2v) is 6.23. The van der Waals surface area contributed by atoms with Crippen LogP contribution in [0.25, 0.3) is 0 Å². The smallest absolute Gasteiger partial charge is 0.232 e. The Balaban J connectivity index is 2.72. The number of hydrogen-bond donors (Lipinski definition) is 2. The van der Waals surface area contributed by atoms with E-state index in [1.807, 2.05) is 0 Å². The van der Waals surface area contributed by atoms with Crippen LogP contribution in [0.4, 0.5) is 5.69 Å². The van der Waals surface area contributed by atoms with Gasteiger partial charge in [-0.3, -0.25) is 4.72 Å². The van der Waals surface area contributed by atoms with E-state index in [0.717, 1.165) is 0 Å². The lowest BCUT2D eigenvalue weighted by Crippen LogP contribution is -2.17. The number of halogens is 2. The van der Waals surface area contributed by atoms with Gasteiger partial charge in [-0.25, -0.2) is 8.42 Å². The summed E-state index contributed by atoms with van der Waals surface area (Å²) < 4.78 is 25.8. The molecule has 0 atom stereocenters. The summed E-state index contributed by atoms with van der Waals surface area (Å²) in [4.78, 5) is 0. The number of unbranched alkanes of at least 4 members (excludes halogenated alkanes) is 1. The van der Waals surface area contributed by atoms with Crippen LogP contribution in [0.5, 0.6) is 0 Å². The number of anilines is 1. The van der Waals surface area contributed by atoms with Crippen molar-refractivity contribution >= 4 is 38.9 Å². The molecule has 4 nitrogen and oxygen atoms in total. The van der Waals surface area contributed by atoms with Gasteiger partial charge in [-0.1, -0.05) is 23.2 Å². The Morgan fingerprint density at radius 2 is 1.94 bits per heavy atom. The predicted molar refractivity (Wildman–Crippen MR) is 72.2 cm³/mol. The second kappa shape index (κ2) is 6.44. The Morgan fingerprint density at radius 1 is 1.24 bits per heavy atom. The molecule has 0 saturated carbocycles. The Kier molecular flexibility index (Phi) is 5.52. The minimum atomic E-state index is -3.39. The zero-order chi connectivity index (χ0) is 12.9. The van der Waals surface area contributed by atoms with E-state index in [-0.39, 0.29) is 5.75 Å². The fourth-order valence-corrected chi connectivity index (χ4v) is 2.81. The summed E-state index contributed by atoms with van der Waals surface area (Å²) in [7, 11) is -3.39. The van der Waals surface area contributed by atoms with Gasteiger partial charge in [0.15, 0.2) is 0 Å². The maximum Gasteiger partial charge on any atom is 0.232 e. The van der Waals surface area contributed by atoms with Crippen LogP contribution < -0.4 is 10.5 Å². The van der Waals surface area contributed by atoms with Crippen LogP contribution in [-0.4, -0.2) is 20.7 Å². The van der Waals surface area contributed by atoms with Gasteiger partial charge < -0.3 is 5.73 Å². The van der Waals surface area contributed by atoms with Gasteiger partial charge in [0, 0.05) is 5.02 Å². The zero-order valence-corrected chi connectivity index (χ0v) is 11.4. The third-order valence-electron chi connectivity index (χ3n) is 2.06. The molecule has 0 heterocycles. The highest BCUT2D eigenvalue weighted by Gasteiger charge is 2.12. The molecule has 0 unspecified atom stereocenters. The first-order valence-corrected chi connectivity index (χ1v) is 7.51. The lowest BCUT2D eigenvalue weighted by Gasteiger charge is -2.09. The fraction of sp³-hybridized carbons (Fsp3) is 0.400. The maximum absolute atomic E-state index is 11.7. The summed E-state index contributed by atoms with van der Waals surface area (Å²) >= 11 is 11.6. The van der Waals surface area contributed by atoms with Crippen LogP contribution in [0.3, 0.4) is 0 Å². The number of nitrogens with one attached hydrogen (secondary N) is 1. The van der Waals surface area contributed by atoms with Crippen LogP contribution >= 0.6 is 23.2 Å². The van der Waals surface area contributed by atoms with Crippen LogP contribution in [0.2, 0.25) is 10.0 Å². The van der Waals surface area contributed by atoms with Crippen molar-refractivity contribution in [1.29, 1.82) is 0 Å². The monoisotopic (exact) mass is 296 g/mol. The Labute approximate surface area is 111 Å². The van der Waals surface area contributed by atoms with E-state index in [2.05, 4.69) is 4.72 Å². The SMILES string of the molecule is NCCCCS(=O)(=O)Nc1cc(Cl)ccc1Cl. The van der Waals surface area contributed by atoms with Crippen molar-refractivity contribution in [2.75, 3.05) is 17.0 Å². The van der Waals surface area contributed by atoms with Crippen LogP contribution in [0, 0.1) is 0 Å². The third kappa shape index (κ3) is 5.12. The molecule has 0 aromatic heterocycles. The summed E-state index contributed by atoms with van der Waals surface area (Å²) in [5, 5.41) is 0.742. The van der Waals surface area contributed by atoms with E-state index in [9.17, 15) is 8.42 Å². The van der Waals surface area contributed by atoms with Gasteiger partial charge in [0.25, 0.3) is 0 Å². The molecule has 0 aliphatic rings. The molecule has 1 aromatic carbocycles. The summed E-state index contributed by atoms with van der Waals surface area (Å²) in [5.41, 5.74) is 5.60. The molecule has 7 heteroatoms. The molecule has 17 heavy (non-hydrogen) atoms. The first-order valence-electron chi connectivity index (χ1n) is 5.10. The molecule has 3 N–H and O–H groups in total. The minimum absolute atomic E-state index is 0.0209. The van der Waals surface area contributed by atoms with E-state index in [1.165, 1.54) is 6.07 Å². The Bertz CT molecular complexity index is 477. The molecule has 96 valence electrons. The average molecular weight is 297 g/mol. The van der Waals surface area contributed by atoms with Crippen LogP contribution in [-0.2, 0) is 10.0 Å². The van der Waals surface area contributed by atoms with Crippen molar-refractivity contribution < 1.29 is 8.42 Å². The zero-order valence-electron chi connectivity index (χ0n) is 9.12. The van der Waals surface area contributed by atoms with Gasteiger partial charge in [0.05, 0.1) is 16.5 Å². The van der Waals surface area contributed by atoms with Crippen molar-refractivity contribution in [3.63, 3.8) is 0 Å². The highest BCUT2D eigenvalue weighted by atomic mass is 35.5. The first-order chi connectivity index (χ1) is 7.94. The summed E-state index contributed by atoms with van der Waals surface area (Å²) in [6, 6.07) is 4.61. The van der Waals surface area contributed by atoms with Gasteiger partial charge in [-0.2, -0.15) is 0 Å². The largest absolute Gasteiger partial charge is 0.330 e. The van der Waals surface area contributed by atoms with Gasteiger partial charge >= 0.3 is 0 Å². The van der Waals surface area contributed by atoms with Crippen molar-refractivity contribution in [2.45, 2.75) is 12.8 Å². The van der Waals surface area contributed by atoms with E-state index >= 15 is 0 Å². The molecule has 0 fully saturated rings. The van der Waals surface area contributed by atoms with E-state index in [4.69, 9.17) is 28.9 Å². The molecular formula is C10H14Cl2N2O2S. The predicted octanol–water partition coefficient (Wildman–Crippen LogP) is 2.47. The number of nitrogens with two attached hydrogens (primary N) is 1. The number of hydrogen-bond acceptors (Lipinski definition) is 3. The number of sulfonamides is 1. The molecule has 0 aliphatic carbocycles. The Morgan fingerprint density at radius 3 is 2.59 bits per heavy atom. The maximum atomic E-state index is 11.7.